The van der Waals surface area contributed by atoms with Gasteiger partial charge in [0.15, 0.2) is 0 Å². The number of alkyl halides is 6. The molecule has 4 aromatic rings. The molecule has 15 heteroatoms. The van der Waals surface area contributed by atoms with E-state index in [1.54, 1.807) is 26.2 Å². The summed E-state index contributed by atoms with van der Waals surface area (Å²) in [7, 11) is 1.55. The Labute approximate surface area is 240 Å². The fourth-order valence-electron chi connectivity index (χ4n) is 4.00. The van der Waals surface area contributed by atoms with Crippen molar-refractivity contribution in [1.82, 2.24) is 9.78 Å². The van der Waals surface area contributed by atoms with Crippen LogP contribution in [-0.2, 0) is 18.9 Å². The number of amides is 3. The number of carbonyl (C=O) groups is 2. The van der Waals surface area contributed by atoms with Crippen LogP contribution in [0.3, 0.4) is 0 Å². The van der Waals surface area contributed by atoms with E-state index in [0.717, 1.165) is 5.56 Å². The van der Waals surface area contributed by atoms with Crippen LogP contribution in [0, 0.1) is 6.92 Å². The van der Waals surface area contributed by atoms with E-state index in [-0.39, 0.29) is 28.8 Å². The number of aryl methyl sites for hydroxylation is 1. The Balaban J connectivity index is 1.47. The number of nitrogens with zero attached hydrogens (tertiary/aromatic N) is 2. The van der Waals surface area contributed by atoms with Gasteiger partial charge < -0.3 is 26.4 Å². The van der Waals surface area contributed by atoms with Crippen LogP contribution in [-0.4, -0.2) is 28.8 Å². The van der Waals surface area contributed by atoms with E-state index in [9.17, 15) is 35.9 Å². The minimum Gasteiger partial charge on any atom is -0.497 e. The summed E-state index contributed by atoms with van der Waals surface area (Å²) in [4.78, 5) is 25.5. The highest BCUT2D eigenvalue weighted by Gasteiger charge is 2.38. The lowest BCUT2D eigenvalue weighted by atomic mass is 10.1. The average Bonchev–Trinajstić information content (AvgIpc) is 3.27. The summed E-state index contributed by atoms with van der Waals surface area (Å²) in [6.45, 7) is 1.93. The fraction of sp³-hybridized carbons (Fsp3) is 0.179. The van der Waals surface area contributed by atoms with Gasteiger partial charge in [-0.2, -0.15) is 31.4 Å². The second-order valence-electron chi connectivity index (χ2n) is 9.27. The van der Waals surface area contributed by atoms with E-state index < -0.39 is 41.1 Å². The first-order chi connectivity index (χ1) is 20.2. The predicted octanol–water partition coefficient (Wildman–Crippen LogP) is 6.76. The van der Waals surface area contributed by atoms with Crippen LogP contribution in [0.4, 0.5) is 54.0 Å². The number of halogens is 6. The van der Waals surface area contributed by atoms with E-state index in [2.05, 4.69) is 15.7 Å². The molecule has 3 aromatic carbocycles. The highest BCUT2D eigenvalue weighted by molar-refractivity contribution is 6.08. The first kappa shape index (κ1) is 30.7. The topological polar surface area (TPSA) is 123 Å². The standard InChI is InChI=1S/C28H24F6N6O3/c1-15-3-7-18(37-26(42)39-22-10-6-17(27(29,30)31)11-21(22)28(32,33)34)12-20(15)25(41)38-23-13-36-40(24(23)35)14-16-4-8-19(43-2)9-5-16/h3-13H,14,35H2,1-2H3,(H,38,41)(H2,37,39,42). The van der Waals surface area contributed by atoms with Crippen molar-refractivity contribution in [1.29, 1.82) is 0 Å². The van der Waals surface area contributed by atoms with Crippen molar-refractivity contribution in [3.63, 3.8) is 0 Å². The Kier molecular flexibility index (Phi) is 8.55. The lowest BCUT2D eigenvalue weighted by molar-refractivity contribution is -0.142. The van der Waals surface area contributed by atoms with Crippen molar-refractivity contribution in [3.8, 4) is 5.75 Å². The molecule has 0 radical (unpaired) electrons. The maximum absolute atomic E-state index is 13.4. The Morgan fingerprint density at radius 1 is 0.884 bits per heavy atom. The van der Waals surface area contributed by atoms with Gasteiger partial charge >= 0.3 is 18.4 Å². The molecule has 0 fully saturated rings. The number of methoxy groups -OCH3 is 1. The van der Waals surface area contributed by atoms with E-state index in [4.69, 9.17) is 10.5 Å². The number of rotatable bonds is 7. The van der Waals surface area contributed by atoms with Gasteiger partial charge in [0, 0.05) is 11.3 Å². The highest BCUT2D eigenvalue weighted by atomic mass is 19.4. The summed E-state index contributed by atoms with van der Waals surface area (Å²) in [5.41, 5.74) is 3.81. The van der Waals surface area contributed by atoms with Crippen LogP contribution in [0.2, 0.25) is 0 Å². The third-order valence-corrected chi connectivity index (χ3v) is 6.26. The zero-order valence-corrected chi connectivity index (χ0v) is 22.5. The predicted molar refractivity (Wildman–Crippen MR) is 147 cm³/mol. The van der Waals surface area contributed by atoms with Crippen LogP contribution in [0.5, 0.6) is 5.75 Å². The Morgan fingerprint density at radius 3 is 2.21 bits per heavy atom. The van der Waals surface area contributed by atoms with Crippen LogP contribution < -0.4 is 26.4 Å². The Bertz CT molecular complexity index is 1650. The lowest BCUT2D eigenvalue weighted by Crippen LogP contribution is -2.23. The van der Waals surface area contributed by atoms with Crippen LogP contribution in [0.25, 0.3) is 0 Å². The third kappa shape index (κ3) is 7.36. The van der Waals surface area contributed by atoms with Crippen molar-refractivity contribution >= 4 is 34.8 Å². The molecular weight excluding hydrogens is 582 g/mol. The van der Waals surface area contributed by atoms with Gasteiger partial charge in [0.2, 0.25) is 0 Å². The minimum atomic E-state index is -5.18. The van der Waals surface area contributed by atoms with Crippen LogP contribution in [0.1, 0.15) is 32.6 Å². The summed E-state index contributed by atoms with van der Waals surface area (Å²) in [6, 6.07) is 11.0. The summed E-state index contributed by atoms with van der Waals surface area (Å²) in [5.74, 6) is 0.243. The van der Waals surface area contributed by atoms with Crippen molar-refractivity contribution in [2.45, 2.75) is 25.8 Å². The minimum absolute atomic E-state index is 0.0249. The molecule has 3 amide bonds. The molecule has 0 spiro atoms. The van der Waals surface area contributed by atoms with Crippen LogP contribution >= 0.6 is 0 Å². The van der Waals surface area contributed by atoms with E-state index >= 15 is 0 Å². The number of nitrogens with one attached hydrogen (secondary N) is 3. The monoisotopic (exact) mass is 606 g/mol. The molecule has 5 N–H and O–H groups in total. The van der Waals surface area contributed by atoms with Gasteiger partial charge in [-0.25, -0.2) is 9.48 Å². The molecule has 0 aliphatic rings. The maximum atomic E-state index is 13.4. The van der Waals surface area contributed by atoms with Gasteiger partial charge in [-0.05, 0) is 60.5 Å². The molecule has 0 atom stereocenters. The number of nitrogen functional groups attached to an aromatic ring is 1. The number of benzene rings is 3. The van der Waals surface area contributed by atoms with Crippen molar-refractivity contribution in [2.24, 2.45) is 0 Å². The van der Waals surface area contributed by atoms with Gasteiger partial charge in [-0.1, -0.05) is 18.2 Å². The third-order valence-electron chi connectivity index (χ3n) is 6.26. The molecule has 43 heavy (non-hydrogen) atoms. The largest absolute Gasteiger partial charge is 0.497 e. The van der Waals surface area contributed by atoms with Crippen molar-refractivity contribution in [3.05, 3.63) is 94.7 Å². The van der Waals surface area contributed by atoms with Gasteiger partial charge in [0.1, 0.15) is 17.3 Å². The molecule has 1 heterocycles. The number of ether oxygens (including phenoxy) is 1. The fourth-order valence-corrected chi connectivity index (χ4v) is 4.00. The maximum Gasteiger partial charge on any atom is 0.418 e. The number of hydrogen-bond donors (Lipinski definition) is 4. The SMILES string of the molecule is COc1ccc(Cn2ncc(NC(=O)c3cc(NC(=O)Nc4ccc(C(F)(F)F)cc4C(F)(F)F)ccc3C)c2N)cc1. The molecular formula is C28H24F6N6O3. The molecule has 0 saturated heterocycles. The van der Waals surface area contributed by atoms with Gasteiger partial charge in [-0.15, -0.1) is 0 Å². The summed E-state index contributed by atoms with van der Waals surface area (Å²) in [5, 5.41) is 11.0. The molecule has 226 valence electrons. The number of carbonyl (C=O) groups excluding carboxylic acids is 2. The van der Waals surface area contributed by atoms with E-state index in [1.165, 1.54) is 29.1 Å². The molecule has 9 nitrogen and oxygen atoms in total. The Morgan fingerprint density at radius 2 is 1.58 bits per heavy atom. The zero-order chi connectivity index (χ0) is 31.5. The number of nitrogens with two attached hydrogens (primary N) is 1. The Hall–Kier alpha value is -5.21. The van der Waals surface area contributed by atoms with E-state index in [1.807, 2.05) is 17.4 Å². The summed E-state index contributed by atoms with van der Waals surface area (Å²) >= 11 is 0. The van der Waals surface area contributed by atoms with Crippen LogP contribution in [0.15, 0.2) is 66.9 Å². The molecule has 4 rings (SSSR count). The summed E-state index contributed by atoms with van der Waals surface area (Å²) < 4.78 is 85.7. The number of aromatic nitrogens is 2. The number of urea groups is 1. The molecule has 0 aliphatic carbocycles. The normalized spacial score (nSPS) is 11.6. The van der Waals surface area contributed by atoms with Crippen molar-refractivity contribution < 1.29 is 40.7 Å². The quantitative estimate of drug-likeness (QED) is 0.173. The van der Waals surface area contributed by atoms with Crippen molar-refractivity contribution in [2.75, 3.05) is 28.8 Å². The first-order valence-corrected chi connectivity index (χ1v) is 12.4. The first-order valence-electron chi connectivity index (χ1n) is 12.4. The number of anilines is 4. The molecule has 0 aliphatic heterocycles. The number of hydrogen-bond acceptors (Lipinski definition) is 5. The molecule has 0 unspecified atom stereocenters. The van der Waals surface area contributed by atoms with E-state index in [0.29, 0.717) is 30.0 Å². The average molecular weight is 607 g/mol. The molecule has 0 saturated carbocycles. The highest BCUT2D eigenvalue weighted by Crippen LogP contribution is 2.39. The smallest absolute Gasteiger partial charge is 0.418 e. The zero-order valence-electron chi connectivity index (χ0n) is 22.5. The second-order valence-corrected chi connectivity index (χ2v) is 9.27. The van der Waals surface area contributed by atoms with Gasteiger partial charge in [0.05, 0.1) is 36.7 Å². The molecule has 0 bridgehead atoms. The van der Waals surface area contributed by atoms with Gasteiger partial charge in [-0.3, -0.25) is 4.79 Å². The molecule has 1 aromatic heterocycles. The summed E-state index contributed by atoms with van der Waals surface area (Å²) in [6.07, 6.45) is -8.83. The van der Waals surface area contributed by atoms with Gasteiger partial charge in [0.25, 0.3) is 5.91 Å². The second kappa shape index (κ2) is 12.0. The lowest BCUT2D eigenvalue weighted by Gasteiger charge is -2.17.